The van der Waals surface area contributed by atoms with Gasteiger partial charge >= 0.3 is 0 Å². The minimum Gasteiger partial charge on any atom is -0.497 e. The second kappa shape index (κ2) is 8.06. The average molecular weight is 289 g/mol. The van der Waals surface area contributed by atoms with Crippen molar-refractivity contribution in [3.05, 3.63) is 29.8 Å². The molecule has 116 valence electrons. The van der Waals surface area contributed by atoms with Crippen molar-refractivity contribution in [1.82, 2.24) is 4.90 Å². The first-order valence-corrected chi connectivity index (χ1v) is 8.17. The van der Waals surface area contributed by atoms with E-state index in [1.807, 2.05) is 24.3 Å². The summed E-state index contributed by atoms with van der Waals surface area (Å²) in [5.41, 5.74) is 1.20. The van der Waals surface area contributed by atoms with Gasteiger partial charge in [0, 0.05) is 19.0 Å². The van der Waals surface area contributed by atoms with Crippen LogP contribution < -0.4 is 4.74 Å². The topological polar surface area (TPSA) is 29.5 Å². The van der Waals surface area contributed by atoms with Gasteiger partial charge in [-0.2, -0.15) is 0 Å². The Balaban J connectivity index is 1.86. The maximum absolute atomic E-state index is 12.5. The van der Waals surface area contributed by atoms with Crippen molar-refractivity contribution in [2.24, 2.45) is 0 Å². The largest absolute Gasteiger partial charge is 0.497 e. The lowest BCUT2D eigenvalue weighted by atomic mass is 9.94. The van der Waals surface area contributed by atoms with E-state index in [0.29, 0.717) is 18.4 Å². The summed E-state index contributed by atoms with van der Waals surface area (Å²) < 4.78 is 5.15. The number of hydrogen-bond acceptors (Lipinski definition) is 2. The van der Waals surface area contributed by atoms with Gasteiger partial charge in [0.05, 0.1) is 7.11 Å². The van der Waals surface area contributed by atoms with Crippen molar-refractivity contribution in [2.75, 3.05) is 13.7 Å². The number of rotatable bonds is 6. The number of hydrogen-bond donors (Lipinski definition) is 0. The van der Waals surface area contributed by atoms with Crippen molar-refractivity contribution in [3.63, 3.8) is 0 Å². The number of nitrogens with zero attached hydrogens (tertiary/aromatic N) is 1. The van der Waals surface area contributed by atoms with E-state index in [4.69, 9.17) is 4.74 Å². The van der Waals surface area contributed by atoms with Crippen LogP contribution in [0, 0.1) is 0 Å². The van der Waals surface area contributed by atoms with E-state index < -0.39 is 0 Å². The Morgan fingerprint density at radius 1 is 1.19 bits per heavy atom. The highest BCUT2D eigenvalue weighted by Crippen LogP contribution is 2.23. The maximum Gasteiger partial charge on any atom is 0.223 e. The fraction of sp³-hybridized carbons (Fsp3) is 0.611. The Labute approximate surface area is 128 Å². The molecular formula is C18H27NO2. The third-order valence-electron chi connectivity index (χ3n) is 4.46. The van der Waals surface area contributed by atoms with Crippen LogP contribution in [0.4, 0.5) is 0 Å². The molecule has 1 aliphatic rings. The Bertz CT molecular complexity index is 435. The molecule has 0 atom stereocenters. The molecule has 0 saturated heterocycles. The van der Waals surface area contributed by atoms with Gasteiger partial charge in [0.2, 0.25) is 5.91 Å². The first-order valence-electron chi connectivity index (χ1n) is 8.17. The smallest absolute Gasteiger partial charge is 0.223 e. The summed E-state index contributed by atoms with van der Waals surface area (Å²) in [6, 6.07) is 8.48. The van der Waals surface area contributed by atoms with Crippen LogP contribution in [-0.4, -0.2) is 30.5 Å². The lowest BCUT2D eigenvalue weighted by Gasteiger charge is -2.33. The molecule has 0 bridgehead atoms. The lowest BCUT2D eigenvalue weighted by Crippen LogP contribution is -2.41. The SMILES string of the molecule is CCN(C(=O)CCc1ccc(OC)cc1)C1CCCCC1. The zero-order valence-corrected chi connectivity index (χ0v) is 13.3. The molecule has 1 aliphatic carbocycles. The van der Waals surface area contributed by atoms with Gasteiger partial charge < -0.3 is 9.64 Å². The van der Waals surface area contributed by atoms with E-state index in [9.17, 15) is 4.79 Å². The van der Waals surface area contributed by atoms with Crippen LogP contribution >= 0.6 is 0 Å². The second-order valence-electron chi connectivity index (χ2n) is 5.82. The number of carbonyl (C=O) groups is 1. The van der Waals surface area contributed by atoms with Crippen molar-refractivity contribution in [2.45, 2.75) is 57.9 Å². The molecule has 0 heterocycles. The molecule has 0 aromatic heterocycles. The normalized spacial score (nSPS) is 15.7. The summed E-state index contributed by atoms with van der Waals surface area (Å²) in [5.74, 6) is 1.17. The molecule has 2 rings (SSSR count). The minimum absolute atomic E-state index is 0.306. The molecule has 0 N–H and O–H groups in total. The monoisotopic (exact) mass is 289 g/mol. The number of methoxy groups -OCH3 is 1. The molecule has 0 radical (unpaired) electrons. The molecule has 0 aliphatic heterocycles. The van der Waals surface area contributed by atoms with Crippen LogP contribution in [0.15, 0.2) is 24.3 Å². The second-order valence-corrected chi connectivity index (χ2v) is 5.82. The third kappa shape index (κ3) is 4.48. The molecular weight excluding hydrogens is 262 g/mol. The summed E-state index contributed by atoms with van der Waals surface area (Å²) in [6.07, 6.45) is 7.65. The summed E-state index contributed by atoms with van der Waals surface area (Å²) >= 11 is 0. The van der Waals surface area contributed by atoms with E-state index in [0.717, 1.165) is 18.7 Å². The van der Waals surface area contributed by atoms with Gasteiger partial charge in [-0.05, 0) is 43.9 Å². The molecule has 0 unspecified atom stereocenters. The lowest BCUT2D eigenvalue weighted by molar-refractivity contribution is -0.133. The maximum atomic E-state index is 12.5. The van der Waals surface area contributed by atoms with Crippen molar-refractivity contribution in [1.29, 1.82) is 0 Å². The quantitative estimate of drug-likeness (QED) is 0.797. The van der Waals surface area contributed by atoms with Gasteiger partial charge in [-0.25, -0.2) is 0 Å². The highest BCUT2D eigenvalue weighted by atomic mass is 16.5. The predicted octanol–water partition coefficient (Wildman–Crippen LogP) is 3.81. The van der Waals surface area contributed by atoms with Crippen molar-refractivity contribution in [3.8, 4) is 5.75 Å². The van der Waals surface area contributed by atoms with Gasteiger partial charge in [-0.15, -0.1) is 0 Å². The molecule has 1 aromatic carbocycles. The molecule has 1 aromatic rings. The van der Waals surface area contributed by atoms with Crippen LogP contribution in [0.5, 0.6) is 5.75 Å². The Kier molecular flexibility index (Phi) is 6.09. The van der Waals surface area contributed by atoms with E-state index in [1.54, 1.807) is 7.11 Å². The molecule has 1 amide bonds. The fourth-order valence-electron chi connectivity index (χ4n) is 3.22. The molecule has 1 saturated carbocycles. The standard InChI is InChI=1S/C18H27NO2/c1-3-19(16-7-5-4-6-8-16)18(20)14-11-15-9-12-17(21-2)13-10-15/h9-10,12-13,16H,3-8,11,14H2,1-2H3. The molecule has 3 heteroatoms. The number of aryl methyl sites for hydroxylation is 1. The van der Waals surface area contributed by atoms with Gasteiger partial charge in [0.15, 0.2) is 0 Å². The van der Waals surface area contributed by atoms with Gasteiger partial charge in [-0.1, -0.05) is 31.4 Å². The first kappa shape index (κ1) is 15.9. The zero-order valence-electron chi connectivity index (χ0n) is 13.3. The molecule has 1 fully saturated rings. The summed E-state index contributed by atoms with van der Waals surface area (Å²) in [6.45, 7) is 2.94. The van der Waals surface area contributed by atoms with Crippen LogP contribution in [0.3, 0.4) is 0 Å². The highest BCUT2D eigenvalue weighted by Gasteiger charge is 2.23. The molecule has 0 spiro atoms. The van der Waals surface area contributed by atoms with E-state index >= 15 is 0 Å². The highest BCUT2D eigenvalue weighted by molar-refractivity contribution is 5.76. The minimum atomic E-state index is 0.306. The number of ether oxygens (including phenoxy) is 1. The number of amides is 1. The van der Waals surface area contributed by atoms with Gasteiger partial charge in [0.1, 0.15) is 5.75 Å². The van der Waals surface area contributed by atoms with Crippen molar-refractivity contribution < 1.29 is 9.53 Å². The van der Waals surface area contributed by atoms with Crippen LogP contribution in [0.25, 0.3) is 0 Å². The Morgan fingerprint density at radius 3 is 2.43 bits per heavy atom. The first-order chi connectivity index (χ1) is 10.2. The van der Waals surface area contributed by atoms with E-state index in [-0.39, 0.29) is 0 Å². The summed E-state index contributed by atoms with van der Waals surface area (Å²) in [4.78, 5) is 14.6. The number of carbonyl (C=O) groups excluding carboxylic acids is 1. The van der Waals surface area contributed by atoms with Gasteiger partial charge in [-0.3, -0.25) is 4.79 Å². The average Bonchev–Trinajstić information content (AvgIpc) is 2.55. The van der Waals surface area contributed by atoms with Crippen LogP contribution in [-0.2, 0) is 11.2 Å². The van der Waals surface area contributed by atoms with E-state index in [2.05, 4.69) is 11.8 Å². The molecule has 3 nitrogen and oxygen atoms in total. The number of benzene rings is 1. The summed E-state index contributed by atoms with van der Waals surface area (Å²) in [7, 11) is 1.67. The summed E-state index contributed by atoms with van der Waals surface area (Å²) in [5, 5.41) is 0. The van der Waals surface area contributed by atoms with Gasteiger partial charge in [0.25, 0.3) is 0 Å². The zero-order chi connectivity index (χ0) is 15.1. The fourth-order valence-corrected chi connectivity index (χ4v) is 3.22. The van der Waals surface area contributed by atoms with Crippen molar-refractivity contribution >= 4 is 5.91 Å². The van der Waals surface area contributed by atoms with Crippen LogP contribution in [0.1, 0.15) is 51.0 Å². The third-order valence-corrected chi connectivity index (χ3v) is 4.46. The molecule has 21 heavy (non-hydrogen) atoms. The van der Waals surface area contributed by atoms with E-state index in [1.165, 1.54) is 37.7 Å². The predicted molar refractivity (Wildman–Crippen MR) is 85.6 cm³/mol. The Morgan fingerprint density at radius 2 is 1.86 bits per heavy atom. The van der Waals surface area contributed by atoms with Crippen LogP contribution in [0.2, 0.25) is 0 Å². The Hall–Kier alpha value is -1.51.